The maximum atomic E-state index is 12.6. The zero-order valence-electron chi connectivity index (χ0n) is 16.2. The molecule has 29 heavy (non-hydrogen) atoms. The highest BCUT2D eigenvalue weighted by Crippen LogP contribution is 2.40. The van der Waals surface area contributed by atoms with Crippen LogP contribution in [0, 0.1) is 0 Å². The predicted octanol–water partition coefficient (Wildman–Crippen LogP) is 5.30. The van der Waals surface area contributed by atoms with E-state index < -0.39 is 0 Å². The third kappa shape index (κ3) is 4.10. The quantitative estimate of drug-likeness (QED) is 0.350. The van der Waals surface area contributed by atoms with Gasteiger partial charge in [0.1, 0.15) is 5.00 Å². The zero-order valence-corrected chi connectivity index (χ0v) is 17.0. The fourth-order valence-corrected chi connectivity index (χ4v) is 4.69. The minimum atomic E-state index is -0.339. The Balaban J connectivity index is 1.68. The predicted molar refractivity (Wildman–Crippen MR) is 112 cm³/mol. The van der Waals surface area contributed by atoms with Gasteiger partial charge < -0.3 is 14.3 Å². The van der Waals surface area contributed by atoms with Gasteiger partial charge in [0.2, 0.25) is 5.89 Å². The summed E-state index contributed by atoms with van der Waals surface area (Å²) < 4.78 is 10.7. The molecule has 0 radical (unpaired) electrons. The molecule has 150 valence electrons. The van der Waals surface area contributed by atoms with E-state index in [9.17, 15) is 9.90 Å². The van der Waals surface area contributed by atoms with Crippen LogP contribution in [-0.2, 0) is 17.6 Å². The Labute approximate surface area is 172 Å². The Morgan fingerprint density at radius 2 is 2.07 bits per heavy atom. The van der Waals surface area contributed by atoms with Gasteiger partial charge in [0, 0.05) is 10.4 Å². The van der Waals surface area contributed by atoms with Gasteiger partial charge in [-0.15, -0.1) is 11.3 Å². The van der Waals surface area contributed by atoms with Gasteiger partial charge in [-0.2, -0.15) is 0 Å². The van der Waals surface area contributed by atoms with Crippen molar-refractivity contribution < 1.29 is 19.1 Å². The molecular formula is C22H22N2O4S. The number of aromatic nitrogens is 1. The molecule has 4 rings (SSSR count). The van der Waals surface area contributed by atoms with E-state index in [4.69, 9.17) is 9.15 Å². The maximum Gasteiger partial charge on any atom is 0.341 e. The topological polar surface area (TPSA) is 84.9 Å². The molecule has 2 heterocycles. The van der Waals surface area contributed by atoms with Crippen LogP contribution in [0.4, 0.5) is 5.00 Å². The summed E-state index contributed by atoms with van der Waals surface area (Å²) in [5.74, 6) is -0.325. The van der Waals surface area contributed by atoms with Crippen LogP contribution in [0.15, 0.2) is 39.7 Å². The van der Waals surface area contributed by atoms with Crippen LogP contribution in [0.25, 0.3) is 11.5 Å². The number of fused-ring (bicyclic) bond motifs is 1. The average molecular weight is 410 g/mol. The number of ether oxygens (including phenoxy) is 1. The number of aryl methyl sites for hydroxylation is 1. The number of hydrogen-bond donors (Lipinski definition) is 1. The minimum absolute atomic E-state index is 0.224. The fraction of sp³-hybridized carbons (Fsp3) is 0.318. The molecule has 0 fully saturated rings. The van der Waals surface area contributed by atoms with Crippen LogP contribution in [0.2, 0.25) is 0 Å². The summed E-state index contributed by atoms with van der Waals surface area (Å²) in [6, 6.07) is 9.33. The van der Waals surface area contributed by atoms with Gasteiger partial charge in [-0.1, -0.05) is 24.6 Å². The highest BCUT2D eigenvalue weighted by atomic mass is 32.1. The minimum Gasteiger partial charge on any atom is -0.479 e. The van der Waals surface area contributed by atoms with Crippen LogP contribution in [0.5, 0.6) is 5.95 Å². The van der Waals surface area contributed by atoms with Gasteiger partial charge in [0.15, 0.2) is 5.69 Å². The van der Waals surface area contributed by atoms with E-state index in [2.05, 4.69) is 9.98 Å². The molecule has 0 bridgehead atoms. The van der Waals surface area contributed by atoms with Crippen molar-refractivity contribution in [2.24, 2.45) is 4.99 Å². The Bertz CT molecular complexity index is 1040. The van der Waals surface area contributed by atoms with Gasteiger partial charge in [0.25, 0.3) is 0 Å². The summed E-state index contributed by atoms with van der Waals surface area (Å²) in [4.78, 5) is 22.6. The Kier molecular flexibility index (Phi) is 5.76. The van der Waals surface area contributed by atoms with E-state index in [1.165, 1.54) is 22.4 Å². The first-order valence-corrected chi connectivity index (χ1v) is 10.6. The molecule has 0 saturated carbocycles. The van der Waals surface area contributed by atoms with Crippen molar-refractivity contribution in [1.29, 1.82) is 0 Å². The third-order valence-electron chi connectivity index (χ3n) is 4.84. The van der Waals surface area contributed by atoms with Gasteiger partial charge in [-0.25, -0.2) is 14.8 Å². The number of thiophene rings is 1. The first kappa shape index (κ1) is 19.4. The molecule has 0 spiro atoms. The van der Waals surface area contributed by atoms with E-state index in [1.54, 1.807) is 6.92 Å². The van der Waals surface area contributed by atoms with E-state index >= 15 is 0 Å². The number of carbonyl (C=O) groups excluding carboxylic acids is 1. The molecule has 7 heteroatoms. The van der Waals surface area contributed by atoms with Crippen LogP contribution < -0.4 is 0 Å². The number of aliphatic imine (C=N–C) groups is 1. The van der Waals surface area contributed by atoms with Crippen LogP contribution in [0.1, 0.15) is 52.7 Å². The molecule has 0 unspecified atom stereocenters. The van der Waals surface area contributed by atoms with E-state index in [0.717, 1.165) is 43.2 Å². The molecule has 0 aliphatic heterocycles. The summed E-state index contributed by atoms with van der Waals surface area (Å²) in [6.45, 7) is 2.11. The number of rotatable bonds is 5. The van der Waals surface area contributed by atoms with E-state index in [-0.39, 0.29) is 17.6 Å². The van der Waals surface area contributed by atoms with Crippen molar-refractivity contribution >= 4 is 28.5 Å². The van der Waals surface area contributed by atoms with Crippen LogP contribution in [0.3, 0.4) is 0 Å². The lowest BCUT2D eigenvalue weighted by Gasteiger charge is -2.05. The average Bonchev–Trinajstić information content (AvgIpc) is 3.18. The highest BCUT2D eigenvalue weighted by molar-refractivity contribution is 7.16. The van der Waals surface area contributed by atoms with Crippen molar-refractivity contribution in [2.75, 3.05) is 6.61 Å². The van der Waals surface area contributed by atoms with Gasteiger partial charge in [-0.3, -0.25) is 0 Å². The van der Waals surface area contributed by atoms with Crippen molar-refractivity contribution in [3.63, 3.8) is 0 Å². The number of carbonyl (C=O) groups is 1. The molecule has 2 aromatic heterocycles. The van der Waals surface area contributed by atoms with Crippen molar-refractivity contribution in [2.45, 2.75) is 39.0 Å². The largest absolute Gasteiger partial charge is 0.479 e. The zero-order chi connectivity index (χ0) is 20.2. The summed E-state index contributed by atoms with van der Waals surface area (Å²) in [7, 11) is 0. The van der Waals surface area contributed by atoms with Gasteiger partial charge in [0.05, 0.1) is 18.4 Å². The SMILES string of the molecule is CCOC(=O)c1c(/N=C/c2nc(-c3ccccc3)oc2O)sc2c1CCCCC2. The number of nitrogens with zero attached hydrogens (tertiary/aromatic N) is 2. The number of hydrogen-bond acceptors (Lipinski definition) is 7. The summed E-state index contributed by atoms with van der Waals surface area (Å²) in [5.41, 5.74) is 2.60. The van der Waals surface area contributed by atoms with Crippen LogP contribution >= 0.6 is 11.3 Å². The smallest absolute Gasteiger partial charge is 0.341 e. The molecule has 1 aliphatic carbocycles. The molecule has 1 N–H and O–H groups in total. The molecule has 0 atom stereocenters. The van der Waals surface area contributed by atoms with Crippen molar-refractivity contribution in [3.8, 4) is 17.4 Å². The number of oxazole rings is 1. The summed E-state index contributed by atoms with van der Waals surface area (Å²) >= 11 is 1.52. The normalized spacial score (nSPS) is 14.0. The lowest BCUT2D eigenvalue weighted by Crippen LogP contribution is -2.07. The van der Waals surface area contributed by atoms with Crippen LogP contribution in [-0.4, -0.2) is 28.9 Å². The standard InChI is InChI=1S/C22H22N2O4S/c1-2-27-22(26)18-15-11-7-4-8-12-17(15)29-20(18)23-13-16-21(25)28-19(24-16)14-9-5-3-6-10-14/h3,5-6,9-10,13,25H,2,4,7-8,11-12H2,1H3/b23-13+. The number of aromatic hydroxyl groups is 1. The number of esters is 1. The molecule has 0 amide bonds. The maximum absolute atomic E-state index is 12.6. The molecular weight excluding hydrogens is 388 g/mol. The first-order chi connectivity index (χ1) is 14.2. The van der Waals surface area contributed by atoms with Gasteiger partial charge >= 0.3 is 11.9 Å². The Hall–Kier alpha value is -2.93. The van der Waals surface area contributed by atoms with E-state index in [1.807, 2.05) is 30.3 Å². The molecule has 1 aliphatic rings. The van der Waals surface area contributed by atoms with Crippen molar-refractivity contribution in [3.05, 3.63) is 52.0 Å². The second-order valence-electron chi connectivity index (χ2n) is 6.80. The van der Waals surface area contributed by atoms with E-state index in [0.29, 0.717) is 23.1 Å². The second kappa shape index (κ2) is 8.61. The molecule has 0 saturated heterocycles. The third-order valence-corrected chi connectivity index (χ3v) is 6.04. The monoisotopic (exact) mass is 410 g/mol. The first-order valence-electron chi connectivity index (χ1n) is 9.78. The second-order valence-corrected chi connectivity index (χ2v) is 7.88. The highest BCUT2D eigenvalue weighted by Gasteiger charge is 2.25. The lowest BCUT2D eigenvalue weighted by molar-refractivity contribution is 0.0526. The Morgan fingerprint density at radius 3 is 2.86 bits per heavy atom. The Morgan fingerprint density at radius 1 is 1.28 bits per heavy atom. The molecule has 1 aromatic carbocycles. The molecule has 6 nitrogen and oxygen atoms in total. The lowest BCUT2D eigenvalue weighted by atomic mass is 10.1. The summed E-state index contributed by atoms with van der Waals surface area (Å²) in [5, 5.41) is 10.7. The fourth-order valence-electron chi connectivity index (χ4n) is 3.46. The van der Waals surface area contributed by atoms with Gasteiger partial charge in [-0.05, 0) is 50.3 Å². The summed E-state index contributed by atoms with van der Waals surface area (Å²) in [6.07, 6.45) is 6.60. The number of benzene rings is 1. The van der Waals surface area contributed by atoms with Crippen molar-refractivity contribution in [1.82, 2.24) is 4.98 Å². The molecule has 3 aromatic rings.